The predicted molar refractivity (Wildman–Crippen MR) is 79.8 cm³/mol. The van der Waals surface area contributed by atoms with Crippen molar-refractivity contribution in [3.8, 4) is 11.5 Å². The van der Waals surface area contributed by atoms with Crippen LogP contribution in [0, 0.1) is 6.92 Å². The lowest BCUT2D eigenvalue weighted by Gasteiger charge is -2.10. The molecule has 0 aliphatic carbocycles. The number of benzene rings is 1. The van der Waals surface area contributed by atoms with E-state index in [4.69, 9.17) is 9.47 Å². The second-order valence-corrected chi connectivity index (χ2v) is 5.43. The zero-order chi connectivity index (χ0) is 14.5. The Balaban J connectivity index is 2.02. The van der Waals surface area contributed by atoms with E-state index in [0.717, 1.165) is 10.4 Å². The Morgan fingerprint density at radius 3 is 2.55 bits per heavy atom. The lowest BCUT2D eigenvalue weighted by atomic mass is 10.2. The molecule has 1 N–H and O–H groups in total. The van der Waals surface area contributed by atoms with Crippen LogP contribution >= 0.6 is 11.3 Å². The number of ether oxygens (including phenoxy) is 2. The lowest BCUT2D eigenvalue weighted by molar-refractivity contribution is 0.0951. The molecule has 1 aromatic heterocycles. The van der Waals surface area contributed by atoms with Crippen molar-refractivity contribution in [3.05, 3.63) is 45.6 Å². The summed E-state index contributed by atoms with van der Waals surface area (Å²) in [6, 6.07) is 7.47. The van der Waals surface area contributed by atoms with E-state index >= 15 is 0 Å². The number of hydrogen-bond acceptors (Lipinski definition) is 4. The maximum atomic E-state index is 11.9. The smallest absolute Gasteiger partial charge is 0.252 e. The summed E-state index contributed by atoms with van der Waals surface area (Å²) in [5.74, 6) is 1.27. The summed E-state index contributed by atoms with van der Waals surface area (Å²) in [5.41, 5.74) is 1.66. The number of carbonyl (C=O) groups is 1. The van der Waals surface area contributed by atoms with E-state index < -0.39 is 0 Å². The SMILES string of the molecule is COc1ccc(CNC(=O)c2csc(C)c2)cc1OC. The van der Waals surface area contributed by atoms with Gasteiger partial charge in [0.2, 0.25) is 0 Å². The van der Waals surface area contributed by atoms with Crippen LogP contribution in [0.15, 0.2) is 29.6 Å². The van der Waals surface area contributed by atoms with Crippen LogP contribution in [-0.4, -0.2) is 20.1 Å². The van der Waals surface area contributed by atoms with Crippen molar-refractivity contribution in [1.29, 1.82) is 0 Å². The van der Waals surface area contributed by atoms with Crippen LogP contribution < -0.4 is 14.8 Å². The average molecular weight is 291 g/mol. The first-order chi connectivity index (χ1) is 9.63. The molecule has 4 nitrogen and oxygen atoms in total. The van der Waals surface area contributed by atoms with E-state index in [1.165, 1.54) is 0 Å². The first-order valence-corrected chi connectivity index (χ1v) is 7.06. The molecule has 0 saturated carbocycles. The molecule has 5 heteroatoms. The van der Waals surface area contributed by atoms with Gasteiger partial charge in [0.1, 0.15) is 0 Å². The summed E-state index contributed by atoms with van der Waals surface area (Å²) >= 11 is 1.57. The van der Waals surface area contributed by atoms with Crippen LogP contribution in [0.3, 0.4) is 0 Å². The van der Waals surface area contributed by atoms with Crippen LogP contribution in [0.2, 0.25) is 0 Å². The van der Waals surface area contributed by atoms with Gasteiger partial charge < -0.3 is 14.8 Å². The summed E-state index contributed by atoms with van der Waals surface area (Å²) in [6.07, 6.45) is 0. The molecule has 0 aliphatic heterocycles. The van der Waals surface area contributed by atoms with E-state index in [2.05, 4.69) is 5.32 Å². The summed E-state index contributed by atoms with van der Waals surface area (Å²) in [4.78, 5) is 13.1. The van der Waals surface area contributed by atoms with Gasteiger partial charge in [0.25, 0.3) is 5.91 Å². The van der Waals surface area contributed by atoms with Crippen LogP contribution in [0.5, 0.6) is 11.5 Å². The molecule has 1 amide bonds. The van der Waals surface area contributed by atoms with E-state index in [0.29, 0.717) is 23.6 Å². The molecule has 0 bridgehead atoms. The molecule has 20 heavy (non-hydrogen) atoms. The van der Waals surface area contributed by atoms with Gasteiger partial charge in [-0.3, -0.25) is 4.79 Å². The molecule has 0 fully saturated rings. The standard InChI is InChI=1S/C15H17NO3S/c1-10-6-12(9-20-10)15(17)16-8-11-4-5-13(18-2)14(7-11)19-3/h4-7,9H,8H2,1-3H3,(H,16,17). The third kappa shape index (κ3) is 3.30. The fourth-order valence-corrected chi connectivity index (χ4v) is 2.52. The molecule has 0 unspecified atom stereocenters. The first kappa shape index (κ1) is 14.4. The van der Waals surface area contributed by atoms with Gasteiger partial charge in [0.15, 0.2) is 11.5 Å². The quantitative estimate of drug-likeness (QED) is 0.921. The monoisotopic (exact) mass is 291 g/mol. The Morgan fingerprint density at radius 2 is 1.95 bits per heavy atom. The molecule has 1 aromatic carbocycles. The normalized spacial score (nSPS) is 10.2. The number of methoxy groups -OCH3 is 2. The van der Waals surface area contributed by atoms with Gasteiger partial charge in [-0.2, -0.15) is 0 Å². The van der Waals surface area contributed by atoms with Gasteiger partial charge in [0.05, 0.1) is 19.8 Å². The molecule has 2 rings (SSSR count). The summed E-state index contributed by atoms with van der Waals surface area (Å²) < 4.78 is 10.4. The topological polar surface area (TPSA) is 47.6 Å². The number of nitrogens with one attached hydrogen (secondary N) is 1. The molecule has 0 spiro atoms. The Hall–Kier alpha value is -2.01. The number of aryl methyl sites for hydroxylation is 1. The number of thiophene rings is 1. The highest BCUT2D eigenvalue weighted by molar-refractivity contribution is 7.10. The summed E-state index contributed by atoms with van der Waals surface area (Å²) in [7, 11) is 3.19. The van der Waals surface area contributed by atoms with Crippen molar-refractivity contribution in [2.75, 3.05) is 14.2 Å². The fourth-order valence-electron chi connectivity index (χ4n) is 1.84. The molecular weight excluding hydrogens is 274 g/mol. The molecule has 1 heterocycles. The Labute approximate surface area is 122 Å². The minimum atomic E-state index is -0.0656. The van der Waals surface area contributed by atoms with Crippen LogP contribution in [-0.2, 0) is 6.54 Å². The highest BCUT2D eigenvalue weighted by Crippen LogP contribution is 2.27. The number of rotatable bonds is 5. The van der Waals surface area contributed by atoms with Crippen molar-refractivity contribution >= 4 is 17.2 Å². The maximum Gasteiger partial charge on any atom is 0.252 e. The third-order valence-electron chi connectivity index (χ3n) is 2.89. The highest BCUT2D eigenvalue weighted by atomic mass is 32.1. The summed E-state index contributed by atoms with van der Waals surface area (Å²) in [6.45, 7) is 2.43. The van der Waals surface area contributed by atoms with Gasteiger partial charge in [0, 0.05) is 16.8 Å². The van der Waals surface area contributed by atoms with Gasteiger partial charge in [-0.05, 0) is 30.7 Å². The highest BCUT2D eigenvalue weighted by Gasteiger charge is 2.08. The number of hydrogen-bond donors (Lipinski definition) is 1. The van der Waals surface area contributed by atoms with Crippen LogP contribution in [0.1, 0.15) is 20.8 Å². The molecule has 0 saturated heterocycles. The van der Waals surface area contributed by atoms with Crippen molar-refractivity contribution < 1.29 is 14.3 Å². The van der Waals surface area contributed by atoms with Crippen molar-refractivity contribution in [3.63, 3.8) is 0 Å². The van der Waals surface area contributed by atoms with E-state index in [-0.39, 0.29) is 5.91 Å². The maximum absolute atomic E-state index is 11.9. The van der Waals surface area contributed by atoms with Gasteiger partial charge in [-0.25, -0.2) is 0 Å². The second kappa shape index (κ2) is 6.43. The van der Waals surface area contributed by atoms with Gasteiger partial charge >= 0.3 is 0 Å². The Bertz CT molecular complexity index is 607. The number of amides is 1. The van der Waals surface area contributed by atoms with Gasteiger partial charge in [-0.15, -0.1) is 11.3 Å². The van der Waals surface area contributed by atoms with Gasteiger partial charge in [-0.1, -0.05) is 6.07 Å². The van der Waals surface area contributed by atoms with E-state index in [9.17, 15) is 4.79 Å². The van der Waals surface area contributed by atoms with Crippen molar-refractivity contribution in [2.24, 2.45) is 0 Å². The van der Waals surface area contributed by atoms with Crippen LogP contribution in [0.25, 0.3) is 0 Å². The Morgan fingerprint density at radius 1 is 1.20 bits per heavy atom. The third-order valence-corrected chi connectivity index (χ3v) is 3.76. The molecule has 2 aromatic rings. The molecular formula is C15H17NO3S. The average Bonchev–Trinajstić information content (AvgIpc) is 2.91. The second-order valence-electron chi connectivity index (χ2n) is 4.32. The number of carbonyl (C=O) groups excluding carboxylic acids is 1. The van der Waals surface area contributed by atoms with Crippen molar-refractivity contribution in [2.45, 2.75) is 13.5 Å². The zero-order valence-corrected chi connectivity index (χ0v) is 12.5. The molecule has 0 atom stereocenters. The summed E-state index contributed by atoms with van der Waals surface area (Å²) in [5, 5.41) is 4.75. The Kier molecular flexibility index (Phi) is 4.63. The minimum Gasteiger partial charge on any atom is -0.493 e. The van der Waals surface area contributed by atoms with E-state index in [1.54, 1.807) is 25.6 Å². The molecule has 106 valence electrons. The molecule has 0 radical (unpaired) electrons. The minimum absolute atomic E-state index is 0.0656. The lowest BCUT2D eigenvalue weighted by Crippen LogP contribution is -2.22. The molecule has 0 aliphatic rings. The predicted octanol–water partition coefficient (Wildman–Crippen LogP) is 3.00. The zero-order valence-electron chi connectivity index (χ0n) is 11.7. The van der Waals surface area contributed by atoms with Crippen molar-refractivity contribution in [1.82, 2.24) is 5.32 Å². The fraction of sp³-hybridized carbons (Fsp3) is 0.267. The largest absolute Gasteiger partial charge is 0.493 e. The first-order valence-electron chi connectivity index (χ1n) is 6.18. The van der Waals surface area contributed by atoms with E-state index in [1.807, 2.05) is 36.6 Å². The van der Waals surface area contributed by atoms with Crippen LogP contribution in [0.4, 0.5) is 0 Å².